The minimum Gasteiger partial charge on any atom is -0.351 e. The van der Waals surface area contributed by atoms with Crippen LogP contribution in [0.15, 0.2) is 41.8 Å². The molecule has 1 fully saturated rings. The second-order valence-electron chi connectivity index (χ2n) is 8.84. The zero-order valence-corrected chi connectivity index (χ0v) is 19.1. The van der Waals surface area contributed by atoms with Gasteiger partial charge in [-0.25, -0.2) is 0 Å². The molecule has 31 heavy (non-hydrogen) atoms. The Labute approximate surface area is 191 Å². The number of hydrogen-bond acceptors (Lipinski definition) is 3. The maximum Gasteiger partial charge on any atom is 0.275 e. The van der Waals surface area contributed by atoms with Gasteiger partial charge in [0, 0.05) is 16.8 Å². The SMILES string of the molecule is CC1(C(=O)NC2CCCCCC2)Cn2c(cc3sccc32)C(=O)N1c1cccc(Cl)c1. The zero-order valence-electron chi connectivity index (χ0n) is 17.6. The third-order valence-corrected chi connectivity index (χ3v) is 7.74. The molecule has 2 aliphatic rings. The van der Waals surface area contributed by atoms with Crippen LogP contribution in [0.1, 0.15) is 55.9 Å². The van der Waals surface area contributed by atoms with Crippen molar-refractivity contribution in [3.8, 4) is 0 Å². The Morgan fingerprint density at radius 2 is 1.94 bits per heavy atom. The summed E-state index contributed by atoms with van der Waals surface area (Å²) in [6.45, 7) is 2.28. The lowest BCUT2D eigenvalue weighted by Gasteiger charge is -2.44. The number of rotatable bonds is 3. The Morgan fingerprint density at radius 1 is 1.16 bits per heavy atom. The van der Waals surface area contributed by atoms with Crippen molar-refractivity contribution in [1.29, 1.82) is 0 Å². The number of thiophene rings is 1. The van der Waals surface area contributed by atoms with Gasteiger partial charge in [0.1, 0.15) is 11.2 Å². The molecule has 3 aromatic rings. The van der Waals surface area contributed by atoms with Crippen molar-refractivity contribution in [3.63, 3.8) is 0 Å². The van der Waals surface area contributed by atoms with E-state index in [0.717, 1.165) is 35.9 Å². The predicted molar refractivity (Wildman–Crippen MR) is 126 cm³/mol. The first-order valence-corrected chi connectivity index (χ1v) is 12.2. The van der Waals surface area contributed by atoms with E-state index in [4.69, 9.17) is 11.6 Å². The molecule has 1 aliphatic heterocycles. The zero-order chi connectivity index (χ0) is 21.6. The number of carbonyl (C=O) groups excluding carboxylic acids is 2. The average Bonchev–Trinajstić information content (AvgIpc) is 3.23. The highest BCUT2D eigenvalue weighted by atomic mass is 35.5. The van der Waals surface area contributed by atoms with Crippen LogP contribution in [0.5, 0.6) is 0 Å². The first-order valence-electron chi connectivity index (χ1n) is 11.0. The normalized spacial score (nSPS) is 22.4. The molecule has 1 aromatic carbocycles. The molecule has 0 saturated heterocycles. The van der Waals surface area contributed by atoms with Gasteiger partial charge >= 0.3 is 0 Å². The lowest BCUT2D eigenvalue weighted by Crippen LogP contribution is -2.65. The Bertz CT molecular complexity index is 1140. The fourth-order valence-corrected chi connectivity index (χ4v) is 6.00. The fraction of sp³-hybridized carbons (Fsp3) is 0.417. The van der Waals surface area contributed by atoms with Crippen LogP contribution < -0.4 is 10.2 Å². The molecule has 162 valence electrons. The molecule has 5 rings (SSSR count). The van der Waals surface area contributed by atoms with Crippen LogP contribution in [-0.2, 0) is 11.3 Å². The van der Waals surface area contributed by atoms with Gasteiger partial charge < -0.3 is 9.88 Å². The Morgan fingerprint density at radius 3 is 2.68 bits per heavy atom. The summed E-state index contributed by atoms with van der Waals surface area (Å²) in [6.07, 6.45) is 6.71. The van der Waals surface area contributed by atoms with Gasteiger partial charge in [-0.3, -0.25) is 14.5 Å². The molecule has 1 saturated carbocycles. The molecule has 0 bridgehead atoms. The molecule has 1 aliphatic carbocycles. The third-order valence-electron chi connectivity index (χ3n) is 6.65. The van der Waals surface area contributed by atoms with E-state index in [1.54, 1.807) is 28.4 Å². The van der Waals surface area contributed by atoms with E-state index < -0.39 is 5.54 Å². The molecule has 7 heteroatoms. The van der Waals surface area contributed by atoms with Crippen LogP contribution >= 0.6 is 22.9 Å². The lowest BCUT2D eigenvalue weighted by molar-refractivity contribution is -0.127. The molecular weight excluding hydrogens is 430 g/mol. The van der Waals surface area contributed by atoms with Gasteiger partial charge in [-0.05, 0) is 55.5 Å². The molecular formula is C24H26ClN3O2S. The quantitative estimate of drug-likeness (QED) is 0.521. The fourth-order valence-electron chi connectivity index (χ4n) is 5.00. The topological polar surface area (TPSA) is 54.3 Å². The molecule has 1 N–H and O–H groups in total. The number of hydrogen-bond donors (Lipinski definition) is 1. The summed E-state index contributed by atoms with van der Waals surface area (Å²) in [4.78, 5) is 29.2. The van der Waals surface area contributed by atoms with Crippen LogP contribution in [0.3, 0.4) is 0 Å². The number of benzene rings is 1. The summed E-state index contributed by atoms with van der Waals surface area (Å²) in [5.74, 6) is -0.272. The molecule has 0 spiro atoms. The average molecular weight is 456 g/mol. The summed E-state index contributed by atoms with van der Waals surface area (Å²) in [5, 5.41) is 5.86. The predicted octanol–water partition coefficient (Wildman–Crippen LogP) is 5.61. The van der Waals surface area contributed by atoms with E-state index in [2.05, 4.69) is 5.32 Å². The number of carbonyl (C=O) groups is 2. The van der Waals surface area contributed by atoms with Gasteiger partial charge in [0.2, 0.25) is 5.91 Å². The highest BCUT2D eigenvalue weighted by Crippen LogP contribution is 2.38. The second kappa shape index (κ2) is 7.99. The van der Waals surface area contributed by atoms with Crippen molar-refractivity contribution in [2.75, 3.05) is 4.90 Å². The molecule has 1 atom stereocenters. The Hall–Kier alpha value is -2.31. The minimum absolute atomic E-state index is 0.101. The minimum atomic E-state index is -1.06. The van der Waals surface area contributed by atoms with E-state index in [1.807, 2.05) is 41.1 Å². The summed E-state index contributed by atoms with van der Waals surface area (Å²) in [6, 6.07) is 11.3. The number of amides is 2. The number of halogens is 1. The van der Waals surface area contributed by atoms with E-state index in [-0.39, 0.29) is 17.9 Å². The van der Waals surface area contributed by atoms with Gasteiger partial charge in [-0.2, -0.15) is 0 Å². The third kappa shape index (κ3) is 3.56. The number of nitrogens with one attached hydrogen (secondary N) is 1. The Balaban J connectivity index is 1.58. The molecule has 5 nitrogen and oxygen atoms in total. The van der Waals surface area contributed by atoms with Crippen molar-refractivity contribution < 1.29 is 9.59 Å². The van der Waals surface area contributed by atoms with Crippen LogP contribution in [0.25, 0.3) is 10.2 Å². The van der Waals surface area contributed by atoms with Crippen molar-refractivity contribution in [1.82, 2.24) is 9.88 Å². The monoisotopic (exact) mass is 455 g/mol. The van der Waals surface area contributed by atoms with Crippen molar-refractivity contribution in [2.24, 2.45) is 0 Å². The van der Waals surface area contributed by atoms with Gasteiger partial charge in [0.15, 0.2) is 0 Å². The van der Waals surface area contributed by atoms with Crippen molar-refractivity contribution >= 4 is 50.7 Å². The molecule has 3 heterocycles. The maximum atomic E-state index is 13.8. The van der Waals surface area contributed by atoms with Gasteiger partial charge in [-0.15, -0.1) is 11.3 Å². The van der Waals surface area contributed by atoms with Gasteiger partial charge in [0.25, 0.3) is 5.91 Å². The standard InChI is InChI=1S/C24H26ClN3O2S/c1-24(23(30)26-17-8-4-2-3-5-9-17)15-27-19-11-12-31-21(19)14-20(27)22(29)28(24)18-10-6-7-16(25)13-18/h6-7,10-14,17H,2-5,8-9,15H2,1H3,(H,26,30). The number of anilines is 1. The highest BCUT2D eigenvalue weighted by Gasteiger charge is 2.49. The number of aromatic nitrogens is 1. The van der Waals surface area contributed by atoms with E-state index in [9.17, 15) is 9.59 Å². The van der Waals surface area contributed by atoms with E-state index >= 15 is 0 Å². The smallest absolute Gasteiger partial charge is 0.275 e. The van der Waals surface area contributed by atoms with Crippen LogP contribution in [0, 0.1) is 0 Å². The first-order chi connectivity index (χ1) is 15.0. The summed E-state index contributed by atoms with van der Waals surface area (Å²) in [7, 11) is 0. The molecule has 1 unspecified atom stereocenters. The first kappa shape index (κ1) is 20.6. The Kier molecular flexibility index (Phi) is 5.30. The number of nitrogens with zero attached hydrogens (tertiary/aromatic N) is 2. The van der Waals surface area contributed by atoms with E-state index in [1.165, 1.54) is 12.8 Å². The van der Waals surface area contributed by atoms with Crippen molar-refractivity contribution in [3.05, 3.63) is 52.5 Å². The van der Waals surface area contributed by atoms with Crippen LogP contribution in [-0.4, -0.2) is 28.0 Å². The lowest BCUT2D eigenvalue weighted by atomic mass is 9.92. The number of fused-ring (bicyclic) bond motifs is 3. The highest BCUT2D eigenvalue weighted by molar-refractivity contribution is 7.17. The van der Waals surface area contributed by atoms with Crippen LogP contribution in [0.4, 0.5) is 5.69 Å². The van der Waals surface area contributed by atoms with Crippen LogP contribution in [0.2, 0.25) is 5.02 Å². The molecule has 2 amide bonds. The second-order valence-corrected chi connectivity index (χ2v) is 10.2. The maximum absolute atomic E-state index is 13.8. The summed E-state index contributed by atoms with van der Waals surface area (Å²) < 4.78 is 3.06. The van der Waals surface area contributed by atoms with Crippen molar-refractivity contribution in [2.45, 2.75) is 63.6 Å². The summed E-state index contributed by atoms with van der Waals surface area (Å²) >= 11 is 7.87. The van der Waals surface area contributed by atoms with E-state index in [0.29, 0.717) is 22.9 Å². The largest absolute Gasteiger partial charge is 0.351 e. The van der Waals surface area contributed by atoms with Gasteiger partial charge in [0.05, 0.1) is 16.8 Å². The molecule has 0 radical (unpaired) electrons. The molecule has 2 aromatic heterocycles. The summed E-state index contributed by atoms with van der Waals surface area (Å²) in [5.41, 5.74) is 1.20. The van der Waals surface area contributed by atoms with Gasteiger partial charge in [-0.1, -0.05) is 43.4 Å².